The number of nitrogens with zero attached hydrogens (tertiary/aromatic N) is 1. The third-order valence-corrected chi connectivity index (χ3v) is 4.43. The van der Waals surface area contributed by atoms with Gasteiger partial charge in [0.05, 0.1) is 21.3 Å². The molecule has 0 unspecified atom stereocenters. The molecule has 1 aromatic carbocycles. The summed E-state index contributed by atoms with van der Waals surface area (Å²) in [4.78, 5) is 3.57. The minimum Gasteiger partial charge on any atom is -0.278 e. The van der Waals surface area contributed by atoms with Crippen molar-refractivity contribution in [2.45, 2.75) is 4.90 Å². The lowest BCUT2D eigenvalue weighted by atomic mass is 10.3. The number of anilines is 1. The second-order valence-electron chi connectivity index (χ2n) is 3.55. The predicted octanol–water partition coefficient (Wildman–Crippen LogP) is 3.44. The molecule has 0 radical (unpaired) electrons. The van der Waals surface area contributed by atoms with Gasteiger partial charge in [0.1, 0.15) is 11.0 Å². The molecule has 2 rings (SSSR count). The fraction of sp³-hybridized carbons (Fsp3) is 0. The molecule has 0 aliphatic carbocycles. The van der Waals surface area contributed by atoms with Gasteiger partial charge in [-0.1, -0.05) is 11.6 Å². The van der Waals surface area contributed by atoms with E-state index in [9.17, 15) is 12.8 Å². The predicted molar refractivity (Wildman–Crippen MR) is 74.2 cm³/mol. The summed E-state index contributed by atoms with van der Waals surface area (Å²) in [7, 11) is -3.86. The van der Waals surface area contributed by atoms with Gasteiger partial charge in [0, 0.05) is 0 Å². The maximum Gasteiger partial charge on any atom is 0.262 e. The first-order valence-corrected chi connectivity index (χ1v) is 7.63. The molecule has 4 nitrogen and oxygen atoms in total. The smallest absolute Gasteiger partial charge is 0.262 e. The van der Waals surface area contributed by atoms with Gasteiger partial charge >= 0.3 is 0 Å². The summed E-state index contributed by atoms with van der Waals surface area (Å²) in [5.41, 5.74) is 0.243. The van der Waals surface area contributed by atoms with Gasteiger partial charge < -0.3 is 0 Å². The van der Waals surface area contributed by atoms with E-state index in [0.717, 1.165) is 6.07 Å². The molecule has 1 heterocycles. The second-order valence-corrected chi connectivity index (χ2v) is 6.47. The van der Waals surface area contributed by atoms with Gasteiger partial charge in [-0.25, -0.2) is 17.8 Å². The standard InChI is InChI=1S/C11H7BrClFN2O2S/c12-9-3-2-8(5-10(9)14)19(17,18)16-7-1-4-11(13)15-6-7/h1-6,16H. The van der Waals surface area contributed by atoms with E-state index in [0.29, 0.717) is 0 Å². The average molecular weight is 366 g/mol. The maximum absolute atomic E-state index is 13.3. The Kier molecular flexibility index (Phi) is 4.07. The molecule has 0 spiro atoms. The minimum atomic E-state index is -3.86. The molecule has 0 aliphatic rings. The van der Waals surface area contributed by atoms with E-state index >= 15 is 0 Å². The monoisotopic (exact) mass is 364 g/mol. The highest BCUT2D eigenvalue weighted by atomic mass is 79.9. The van der Waals surface area contributed by atoms with Crippen LogP contribution in [0, 0.1) is 5.82 Å². The van der Waals surface area contributed by atoms with Crippen LogP contribution in [0.1, 0.15) is 0 Å². The van der Waals surface area contributed by atoms with E-state index in [1.54, 1.807) is 0 Å². The Balaban J connectivity index is 2.32. The Morgan fingerprint density at radius 3 is 2.58 bits per heavy atom. The van der Waals surface area contributed by atoms with Crippen LogP contribution in [0.2, 0.25) is 5.15 Å². The number of aromatic nitrogens is 1. The van der Waals surface area contributed by atoms with Crippen molar-refractivity contribution in [2.24, 2.45) is 0 Å². The van der Waals surface area contributed by atoms with Crippen molar-refractivity contribution < 1.29 is 12.8 Å². The van der Waals surface area contributed by atoms with Gasteiger partial charge in [0.15, 0.2) is 0 Å². The molecular formula is C11H7BrClFN2O2S. The Hall–Kier alpha value is -1.18. The molecular weight excluding hydrogens is 359 g/mol. The first-order chi connectivity index (χ1) is 8.88. The molecule has 100 valence electrons. The largest absolute Gasteiger partial charge is 0.278 e. The zero-order chi connectivity index (χ0) is 14.0. The van der Waals surface area contributed by atoms with Crippen molar-refractivity contribution in [2.75, 3.05) is 4.72 Å². The SMILES string of the molecule is O=S(=O)(Nc1ccc(Cl)nc1)c1ccc(Br)c(F)c1. The average Bonchev–Trinajstić information content (AvgIpc) is 2.35. The summed E-state index contributed by atoms with van der Waals surface area (Å²) >= 11 is 8.55. The molecule has 0 bridgehead atoms. The molecule has 2 aromatic rings. The van der Waals surface area contributed by atoms with Crippen LogP contribution < -0.4 is 4.72 Å². The molecule has 0 saturated heterocycles. The van der Waals surface area contributed by atoms with Crippen molar-refractivity contribution in [3.8, 4) is 0 Å². The van der Waals surface area contributed by atoms with Crippen LogP contribution >= 0.6 is 27.5 Å². The molecule has 8 heteroatoms. The number of hydrogen-bond donors (Lipinski definition) is 1. The third-order valence-electron chi connectivity index (χ3n) is 2.18. The Bertz CT molecular complexity index is 707. The van der Waals surface area contributed by atoms with Crippen LogP contribution in [0.15, 0.2) is 45.9 Å². The Morgan fingerprint density at radius 2 is 2.00 bits per heavy atom. The summed E-state index contributed by atoms with van der Waals surface area (Å²) in [6.45, 7) is 0. The van der Waals surface area contributed by atoms with E-state index in [1.807, 2.05) is 0 Å². The number of rotatable bonds is 3. The van der Waals surface area contributed by atoms with Crippen molar-refractivity contribution in [1.29, 1.82) is 0 Å². The normalized spacial score (nSPS) is 11.3. The third kappa shape index (κ3) is 3.43. The van der Waals surface area contributed by atoms with Crippen LogP contribution in [0.4, 0.5) is 10.1 Å². The summed E-state index contributed by atoms with van der Waals surface area (Å²) in [6, 6.07) is 6.45. The zero-order valence-corrected chi connectivity index (χ0v) is 12.4. The highest BCUT2D eigenvalue weighted by molar-refractivity contribution is 9.10. The van der Waals surface area contributed by atoms with Gasteiger partial charge in [-0.3, -0.25) is 4.72 Å². The molecule has 0 amide bonds. The molecule has 0 aliphatic heterocycles. The molecule has 0 atom stereocenters. The van der Waals surface area contributed by atoms with Crippen LogP contribution in [0.3, 0.4) is 0 Å². The number of hydrogen-bond acceptors (Lipinski definition) is 3. The fourth-order valence-corrected chi connectivity index (χ4v) is 2.71. The van der Waals surface area contributed by atoms with E-state index in [4.69, 9.17) is 11.6 Å². The van der Waals surface area contributed by atoms with Crippen LogP contribution in [-0.2, 0) is 10.0 Å². The summed E-state index contributed by atoms with van der Waals surface area (Å²) in [5.74, 6) is -0.655. The quantitative estimate of drug-likeness (QED) is 0.848. The first-order valence-electron chi connectivity index (χ1n) is 4.98. The Labute approximate surface area is 122 Å². The molecule has 0 saturated carbocycles. The lowest BCUT2D eigenvalue weighted by Crippen LogP contribution is -2.13. The number of benzene rings is 1. The lowest BCUT2D eigenvalue weighted by Gasteiger charge is -2.08. The van der Waals surface area contributed by atoms with E-state index in [-0.39, 0.29) is 20.2 Å². The minimum absolute atomic E-state index is 0.178. The maximum atomic E-state index is 13.3. The highest BCUT2D eigenvalue weighted by Crippen LogP contribution is 2.21. The van der Waals surface area contributed by atoms with Crippen LogP contribution in [-0.4, -0.2) is 13.4 Å². The Morgan fingerprint density at radius 1 is 1.26 bits per heavy atom. The summed E-state index contributed by atoms with van der Waals surface area (Å²) in [6.07, 6.45) is 1.27. The highest BCUT2D eigenvalue weighted by Gasteiger charge is 2.16. The van der Waals surface area contributed by atoms with Gasteiger partial charge in [-0.15, -0.1) is 0 Å². The topological polar surface area (TPSA) is 59.1 Å². The van der Waals surface area contributed by atoms with Crippen LogP contribution in [0.25, 0.3) is 0 Å². The number of halogens is 3. The van der Waals surface area contributed by atoms with Crippen molar-refractivity contribution in [1.82, 2.24) is 4.98 Å². The van der Waals surface area contributed by atoms with Gasteiger partial charge in [-0.05, 0) is 46.3 Å². The summed E-state index contributed by atoms with van der Waals surface area (Å²) < 4.78 is 39.8. The molecule has 1 N–H and O–H groups in total. The first kappa shape index (κ1) is 14.2. The van der Waals surface area contributed by atoms with E-state index in [2.05, 4.69) is 25.6 Å². The number of nitrogens with one attached hydrogen (secondary N) is 1. The molecule has 0 fully saturated rings. The number of sulfonamides is 1. The van der Waals surface area contributed by atoms with E-state index in [1.165, 1.54) is 30.5 Å². The summed E-state index contributed by atoms with van der Waals surface area (Å²) in [5, 5.41) is 0.248. The lowest BCUT2D eigenvalue weighted by molar-refractivity contribution is 0.593. The fourth-order valence-electron chi connectivity index (χ4n) is 1.29. The van der Waals surface area contributed by atoms with Gasteiger partial charge in [0.25, 0.3) is 10.0 Å². The van der Waals surface area contributed by atoms with Crippen molar-refractivity contribution in [3.63, 3.8) is 0 Å². The second kappa shape index (κ2) is 5.44. The number of pyridine rings is 1. The van der Waals surface area contributed by atoms with Gasteiger partial charge in [0.2, 0.25) is 0 Å². The van der Waals surface area contributed by atoms with Crippen LogP contribution in [0.5, 0.6) is 0 Å². The molecule has 1 aromatic heterocycles. The van der Waals surface area contributed by atoms with E-state index < -0.39 is 15.8 Å². The zero-order valence-electron chi connectivity index (χ0n) is 9.27. The van der Waals surface area contributed by atoms with Crippen molar-refractivity contribution in [3.05, 3.63) is 52.0 Å². The van der Waals surface area contributed by atoms with Gasteiger partial charge in [-0.2, -0.15) is 0 Å². The molecule has 19 heavy (non-hydrogen) atoms. The van der Waals surface area contributed by atoms with Crippen molar-refractivity contribution >= 4 is 43.2 Å².